The zero-order valence-corrected chi connectivity index (χ0v) is 11.5. The number of carbonyl (C=O) groups is 2. The van der Waals surface area contributed by atoms with Crippen LogP contribution in [0, 0.1) is 5.92 Å². The van der Waals surface area contributed by atoms with Gasteiger partial charge < -0.3 is 14.7 Å². The summed E-state index contributed by atoms with van der Waals surface area (Å²) in [5.74, 6) is -0.265. The van der Waals surface area contributed by atoms with Crippen molar-refractivity contribution in [2.75, 3.05) is 20.2 Å². The third-order valence-electron chi connectivity index (χ3n) is 3.60. The molecule has 1 aliphatic heterocycles. The number of methoxy groups -OCH3 is 1. The summed E-state index contributed by atoms with van der Waals surface area (Å²) in [4.78, 5) is 25.5. The first-order valence-corrected chi connectivity index (χ1v) is 6.73. The number of benzene rings is 1. The number of likely N-dealkylation sites (tertiary alicyclic amines) is 1. The lowest BCUT2D eigenvalue weighted by Crippen LogP contribution is -2.43. The van der Waals surface area contributed by atoms with Gasteiger partial charge in [0.1, 0.15) is 5.75 Å². The summed E-state index contributed by atoms with van der Waals surface area (Å²) < 4.78 is 4.74. The highest BCUT2D eigenvalue weighted by Gasteiger charge is 2.28. The fourth-order valence-corrected chi connectivity index (χ4v) is 2.46. The standard InChI is InChI=1S/C15H19NO4/c1-20-15(19)12-3-2-8-16(10-12)14(18)9-11-4-6-13(17)7-5-11/h4-7,12,17H,2-3,8-10H2,1H3. The van der Waals surface area contributed by atoms with Gasteiger partial charge in [-0.3, -0.25) is 9.59 Å². The van der Waals surface area contributed by atoms with Crippen molar-refractivity contribution in [3.8, 4) is 5.75 Å². The third kappa shape index (κ3) is 3.50. The SMILES string of the molecule is COC(=O)C1CCCN(C(=O)Cc2ccc(O)cc2)C1. The average molecular weight is 277 g/mol. The molecule has 1 atom stereocenters. The van der Waals surface area contributed by atoms with E-state index in [4.69, 9.17) is 4.74 Å². The van der Waals surface area contributed by atoms with Crippen molar-refractivity contribution >= 4 is 11.9 Å². The maximum atomic E-state index is 12.2. The molecule has 5 nitrogen and oxygen atoms in total. The van der Waals surface area contributed by atoms with E-state index in [1.807, 2.05) is 0 Å². The first kappa shape index (κ1) is 14.4. The van der Waals surface area contributed by atoms with Crippen molar-refractivity contribution in [3.63, 3.8) is 0 Å². The minimum Gasteiger partial charge on any atom is -0.508 e. The van der Waals surface area contributed by atoms with Crippen LogP contribution in [-0.4, -0.2) is 42.1 Å². The minimum absolute atomic E-state index is 0.00397. The molecule has 0 bridgehead atoms. The van der Waals surface area contributed by atoms with Gasteiger partial charge in [-0.1, -0.05) is 12.1 Å². The monoisotopic (exact) mass is 277 g/mol. The smallest absolute Gasteiger partial charge is 0.310 e. The molecule has 20 heavy (non-hydrogen) atoms. The molecular weight excluding hydrogens is 258 g/mol. The Hall–Kier alpha value is -2.04. The van der Waals surface area contributed by atoms with Crippen LogP contribution in [0.15, 0.2) is 24.3 Å². The van der Waals surface area contributed by atoms with E-state index < -0.39 is 0 Å². The van der Waals surface area contributed by atoms with Gasteiger partial charge in [-0.05, 0) is 30.5 Å². The van der Waals surface area contributed by atoms with Gasteiger partial charge in [0.2, 0.25) is 5.91 Å². The van der Waals surface area contributed by atoms with Crippen molar-refractivity contribution in [2.45, 2.75) is 19.3 Å². The van der Waals surface area contributed by atoms with Crippen molar-refractivity contribution in [3.05, 3.63) is 29.8 Å². The molecule has 0 aliphatic carbocycles. The molecule has 0 aromatic heterocycles. The van der Waals surface area contributed by atoms with Crippen molar-refractivity contribution in [1.29, 1.82) is 0 Å². The first-order valence-electron chi connectivity index (χ1n) is 6.73. The molecule has 1 unspecified atom stereocenters. The number of amides is 1. The topological polar surface area (TPSA) is 66.8 Å². The molecule has 0 spiro atoms. The zero-order chi connectivity index (χ0) is 14.5. The quantitative estimate of drug-likeness (QED) is 0.847. The molecule has 5 heteroatoms. The predicted octanol–water partition coefficient (Wildman–Crippen LogP) is 1.35. The van der Waals surface area contributed by atoms with E-state index in [1.165, 1.54) is 7.11 Å². The van der Waals surface area contributed by atoms with Gasteiger partial charge in [0, 0.05) is 13.1 Å². The van der Waals surface area contributed by atoms with Crippen LogP contribution in [-0.2, 0) is 20.7 Å². The maximum absolute atomic E-state index is 12.2. The summed E-state index contributed by atoms with van der Waals surface area (Å²) in [6.45, 7) is 1.12. The second-order valence-electron chi connectivity index (χ2n) is 5.05. The summed E-state index contributed by atoms with van der Waals surface area (Å²) >= 11 is 0. The van der Waals surface area contributed by atoms with Crippen LogP contribution in [0.5, 0.6) is 5.75 Å². The second-order valence-corrected chi connectivity index (χ2v) is 5.05. The molecule has 1 heterocycles. The van der Waals surface area contributed by atoms with Gasteiger partial charge in [0.15, 0.2) is 0 Å². The van der Waals surface area contributed by atoms with E-state index >= 15 is 0 Å². The summed E-state index contributed by atoms with van der Waals surface area (Å²) in [6.07, 6.45) is 1.88. The van der Waals surface area contributed by atoms with E-state index in [1.54, 1.807) is 29.2 Å². The Bertz CT molecular complexity index is 483. The minimum atomic E-state index is -0.243. The number of nitrogens with zero attached hydrogens (tertiary/aromatic N) is 1. The molecule has 1 fully saturated rings. The normalized spacial score (nSPS) is 18.6. The van der Waals surface area contributed by atoms with Crippen LogP contribution >= 0.6 is 0 Å². The van der Waals surface area contributed by atoms with Crippen LogP contribution in [0.4, 0.5) is 0 Å². The number of phenols is 1. The van der Waals surface area contributed by atoms with Gasteiger partial charge in [-0.15, -0.1) is 0 Å². The van der Waals surface area contributed by atoms with Crippen LogP contribution in [0.2, 0.25) is 0 Å². The van der Waals surface area contributed by atoms with Gasteiger partial charge >= 0.3 is 5.97 Å². The fourth-order valence-electron chi connectivity index (χ4n) is 2.46. The number of ether oxygens (including phenoxy) is 1. The third-order valence-corrected chi connectivity index (χ3v) is 3.60. The Labute approximate surface area is 118 Å². The summed E-state index contributed by atoms with van der Waals surface area (Å²) in [7, 11) is 1.37. The number of hydrogen-bond acceptors (Lipinski definition) is 4. The van der Waals surface area contributed by atoms with Gasteiger partial charge in [-0.2, -0.15) is 0 Å². The first-order chi connectivity index (χ1) is 9.60. The molecule has 2 rings (SSSR count). The summed E-state index contributed by atoms with van der Waals surface area (Å²) in [5, 5.41) is 9.22. The number of aromatic hydroxyl groups is 1. The van der Waals surface area contributed by atoms with Crippen LogP contribution in [0.3, 0.4) is 0 Å². The summed E-state index contributed by atoms with van der Waals surface area (Å²) in [5.41, 5.74) is 0.855. The molecular formula is C15H19NO4. The number of hydrogen-bond donors (Lipinski definition) is 1. The lowest BCUT2D eigenvalue weighted by Gasteiger charge is -2.31. The van der Waals surface area contributed by atoms with E-state index in [0.29, 0.717) is 13.1 Å². The molecule has 1 aromatic carbocycles. The fraction of sp³-hybridized carbons (Fsp3) is 0.467. The van der Waals surface area contributed by atoms with E-state index in [2.05, 4.69) is 0 Å². The largest absolute Gasteiger partial charge is 0.508 e. The maximum Gasteiger partial charge on any atom is 0.310 e. The van der Waals surface area contributed by atoms with Crippen molar-refractivity contribution in [1.82, 2.24) is 4.90 Å². The van der Waals surface area contributed by atoms with Crippen LogP contribution in [0.1, 0.15) is 18.4 Å². The number of phenolic OH excluding ortho intramolecular Hbond substituents is 1. The molecule has 108 valence electrons. The van der Waals surface area contributed by atoms with E-state index in [0.717, 1.165) is 18.4 Å². The average Bonchev–Trinajstić information content (AvgIpc) is 2.49. The van der Waals surface area contributed by atoms with Crippen molar-refractivity contribution in [2.24, 2.45) is 5.92 Å². The second kappa shape index (κ2) is 6.41. The van der Waals surface area contributed by atoms with Gasteiger partial charge in [0.05, 0.1) is 19.4 Å². The number of piperidine rings is 1. The summed E-state index contributed by atoms with van der Waals surface area (Å²) in [6, 6.07) is 6.59. The molecule has 0 radical (unpaired) electrons. The highest BCUT2D eigenvalue weighted by Crippen LogP contribution is 2.19. The molecule has 1 amide bonds. The Balaban J connectivity index is 1.95. The zero-order valence-electron chi connectivity index (χ0n) is 11.5. The molecule has 1 aliphatic rings. The van der Waals surface area contributed by atoms with Gasteiger partial charge in [0.25, 0.3) is 0 Å². The lowest BCUT2D eigenvalue weighted by molar-refractivity contribution is -0.148. The Kier molecular flexibility index (Phi) is 4.61. The van der Waals surface area contributed by atoms with Crippen molar-refractivity contribution < 1.29 is 19.4 Å². The number of carbonyl (C=O) groups excluding carboxylic acids is 2. The molecule has 1 aromatic rings. The van der Waals surface area contributed by atoms with Gasteiger partial charge in [-0.25, -0.2) is 0 Å². The predicted molar refractivity (Wildman–Crippen MR) is 73.1 cm³/mol. The Morgan fingerprint density at radius 1 is 1.35 bits per heavy atom. The highest BCUT2D eigenvalue weighted by molar-refractivity contribution is 5.80. The Morgan fingerprint density at radius 2 is 2.05 bits per heavy atom. The molecule has 1 N–H and O–H groups in total. The van der Waals surface area contributed by atoms with E-state index in [9.17, 15) is 14.7 Å². The highest BCUT2D eigenvalue weighted by atomic mass is 16.5. The van der Waals surface area contributed by atoms with Crippen LogP contribution in [0.25, 0.3) is 0 Å². The molecule has 0 saturated carbocycles. The lowest BCUT2D eigenvalue weighted by atomic mass is 9.97. The number of rotatable bonds is 3. The van der Waals surface area contributed by atoms with E-state index in [-0.39, 0.29) is 30.0 Å². The molecule has 1 saturated heterocycles. The number of esters is 1. The Morgan fingerprint density at radius 3 is 2.70 bits per heavy atom. The van der Waals surface area contributed by atoms with Crippen LogP contribution < -0.4 is 0 Å².